The summed E-state index contributed by atoms with van der Waals surface area (Å²) < 4.78 is 0. The second-order valence-corrected chi connectivity index (χ2v) is 8.03. The first-order valence-electron chi connectivity index (χ1n) is 6.65. The van der Waals surface area contributed by atoms with Crippen LogP contribution in [0.15, 0.2) is 21.9 Å². The third kappa shape index (κ3) is 5.30. The summed E-state index contributed by atoms with van der Waals surface area (Å²) >= 11 is 0. The second kappa shape index (κ2) is 8.55. The Balaban J connectivity index is -0.000000963. The Morgan fingerprint density at radius 2 is 1.50 bits per heavy atom. The van der Waals surface area contributed by atoms with Gasteiger partial charge in [-0.2, -0.15) is 0 Å². The van der Waals surface area contributed by atoms with Crippen molar-refractivity contribution in [2.24, 2.45) is 5.41 Å². The van der Waals surface area contributed by atoms with Crippen LogP contribution in [0.3, 0.4) is 0 Å². The molecule has 1 aliphatic carbocycles. The van der Waals surface area contributed by atoms with Gasteiger partial charge in [-0.15, -0.1) is 0 Å². The zero-order valence-electron chi connectivity index (χ0n) is 14.3. The van der Waals surface area contributed by atoms with Crippen molar-refractivity contribution in [1.82, 2.24) is 5.32 Å². The van der Waals surface area contributed by atoms with E-state index in [0.29, 0.717) is 11.5 Å². The van der Waals surface area contributed by atoms with Crippen LogP contribution in [0.2, 0.25) is 0 Å². The molecule has 116 valence electrons. The Morgan fingerprint density at radius 3 is 1.75 bits per heavy atom. The molecule has 0 amide bonds. The number of nitrogens with one attached hydrogen (secondary N) is 1. The van der Waals surface area contributed by atoms with Crippen molar-refractivity contribution in [3.63, 3.8) is 0 Å². The number of hydrogen-bond donors (Lipinski definition) is 1. The summed E-state index contributed by atoms with van der Waals surface area (Å²) in [5, 5.41) is 5.37. The van der Waals surface area contributed by atoms with Crippen LogP contribution in [0.5, 0.6) is 0 Å². The Hall–Kier alpha value is 0.951. The molecule has 1 aliphatic rings. The van der Waals surface area contributed by atoms with E-state index in [2.05, 4.69) is 60.7 Å². The summed E-state index contributed by atoms with van der Waals surface area (Å²) in [6.45, 7) is 18.3. The van der Waals surface area contributed by atoms with Crippen LogP contribution in [0.25, 0.3) is 0 Å². The summed E-state index contributed by atoms with van der Waals surface area (Å²) in [6.07, 6.45) is 0. The van der Waals surface area contributed by atoms with Gasteiger partial charge in [-0.05, 0) is 52.7 Å². The molecule has 0 aliphatic heterocycles. The Labute approximate surface area is 155 Å². The third-order valence-corrected chi connectivity index (χ3v) is 6.12. The summed E-state index contributed by atoms with van der Waals surface area (Å²) in [5.74, 6) is 0. The van der Waals surface area contributed by atoms with E-state index in [1.54, 1.807) is 16.3 Å². The van der Waals surface area contributed by atoms with E-state index >= 15 is 0 Å². The third-order valence-electron chi connectivity index (χ3n) is 4.33. The molecule has 1 nitrogen and oxygen atoms in total. The normalized spacial score (nSPS) is 19.2. The van der Waals surface area contributed by atoms with Gasteiger partial charge in [0.1, 0.15) is 0 Å². The van der Waals surface area contributed by atoms with Gasteiger partial charge in [0.25, 0.3) is 0 Å². The molecular formula is C15H29Cl2NSiTi. The number of halogens is 2. The molecule has 1 unspecified atom stereocenters. The maximum atomic E-state index is 3.71. The molecule has 20 heavy (non-hydrogen) atoms. The van der Waals surface area contributed by atoms with Gasteiger partial charge in [0.15, 0.2) is 0 Å². The smallest absolute Gasteiger partial charge is 1.00 e. The fourth-order valence-electron chi connectivity index (χ4n) is 2.94. The predicted molar refractivity (Wildman–Crippen MR) is 81.5 cm³/mol. The van der Waals surface area contributed by atoms with Crippen molar-refractivity contribution >= 4 is 10.2 Å². The van der Waals surface area contributed by atoms with E-state index in [-0.39, 0.29) is 52.1 Å². The van der Waals surface area contributed by atoms with Gasteiger partial charge < -0.3 is 30.1 Å². The van der Waals surface area contributed by atoms with Crippen LogP contribution in [0.1, 0.15) is 55.4 Å². The summed E-state index contributed by atoms with van der Waals surface area (Å²) in [6, 6.07) is 0.458. The first-order valence-corrected chi connectivity index (χ1v) is 7.65. The maximum Gasteiger partial charge on any atom is 2.00 e. The van der Waals surface area contributed by atoms with Crippen LogP contribution in [0.4, 0.5) is 0 Å². The topological polar surface area (TPSA) is 12.0 Å². The first-order chi connectivity index (χ1) is 7.48. The van der Waals surface area contributed by atoms with Crippen molar-refractivity contribution in [2.75, 3.05) is 0 Å². The van der Waals surface area contributed by atoms with Gasteiger partial charge in [0.2, 0.25) is 0 Å². The van der Waals surface area contributed by atoms with Crippen molar-refractivity contribution in [2.45, 2.75) is 67.0 Å². The van der Waals surface area contributed by atoms with Crippen LogP contribution in [-0.4, -0.2) is 21.8 Å². The van der Waals surface area contributed by atoms with Gasteiger partial charge in [-0.1, -0.05) is 24.6 Å². The van der Waals surface area contributed by atoms with Gasteiger partial charge in [-0.25, -0.2) is 0 Å². The van der Waals surface area contributed by atoms with Gasteiger partial charge in [-0.3, -0.25) is 0 Å². The van der Waals surface area contributed by atoms with E-state index < -0.39 is 0 Å². The van der Waals surface area contributed by atoms with Crippen molar-refractivity contribution < 1.29 is 46.5 Å². The zero-order chi connectivity index (χ0) is 13.6. The molecule has 0 bridgehead atoms. The SMILES string of the molecule is CC1=C(C)C(C)(C)C([SiH3])=C1C(C)NC(C)(C)C.[Cl-].[Cl-].[Ti+2]. The van der Waals surface area contributed by atoms with Crippen LogP contribution >= 0.6 is 0 Å². The van der Waals surface area contributed by atoms with E-state index in [4.69, 9.17) is 0 Å². The molecule has 0 saturated carbocycles. The Bertz CT molecular complexity index is 395. The van der Waals surface area contributed by atoms with Gasteiger partial charge in [0, 0.05) is 27.2 Å². The average molecular weight is 370 g/mol. The van der Waals surface area contributed by atoms with E-state index in [1.807, 2.05) is 0 Å². The standard InChI is InChI=1S/C15H29NSi.2ClH.Ti/c1-9-10(2)15(7,8)13(17)12(9)11(3)16-14(4,5)6;;;/h11,16H,1-8,17H3;2*1H;/q;;;+2/p-2. The number of allylic oxidation sites excluding steroid dienone is 2. The maximum absolute atomic E-state index is 3.71. The average Bonchev–Trinajstić information content (AvgIpc) is 2.25. The van der Waals surface area contributed by atoms with Crippen molar-refractivity contribution in [3.8, 4) is 0 Å². The molecule has 1 atom stereocenters. The monoisotopic (exact) mass is 369 g/mol. The quantitative estimate of drug-likeness (QED) is 0.504. The molecule has 1 rings (SSSR count). The Kier molecular flexibility index (Phi) is 11.1. The molecule has 1 N–H and O–H groups in total. The van der Waals surface area contributed by atoms with Crippen LogP contribution < -0.4 is 30.1 Å². The summed E-state index contributed by atoms with van der Waals surface area (Å²) in [7, 11) is 1.16. The van der Waals surface area contributed by atoms with E-state index in [9.17, 15) is 0 Å². The molecule has 0 aromatic carbocycles. The van der Waals surface area contributed by atoms with Crippen LogP contribution in [0, 0.1) is 5.41 Å². The molecule has 0 heterocycles. The van der Waals surface area contributed by atoms with Crippen LogP contribution in [-0.2, 0) is 21.7 Å². The zero-order valence-corrected chi connectivity index (χ0v) is 19.4. The van der Waals surface area contributed by atoms with Gasteiger partial charge in [0.05, 0.1) is 0 Å². The largest absolute Gasteiger partial charge is 2.00 e. The minimum Gasteiger partial charge on any atom is -1.00 e. The fraction of sp³-hybridized carbons (Fsp3) is 0.733. The first kappa shape index (κ1) is 25.9. The summed E-state index contributed by atoms with van der Waals surface area (Å²) in [5.41, 5.74) is 5.12. The van der Waals surface area contributed by atoms with Crippen molar-refractivity contribution in [3.05, 3.63) is 21.9 Å². The molecule has 0 aromatic rings. The molecule has 0 spiro atoms. The molecule has 5 heteroatoms. The van der Waals surface area contributed by atoms with Gasteiger partial charge >= 0.3 is 21.7 Å². The summed E-state index contributed by atoms with van der Waals surface area (Å²) in [4.78, 5) is 0. The fourth-order valence-corrected chi connectivity index (χ4v) is 4.12. The molecule has 0 saturated heterocycles. The second-order valence-electron chi connectivity index (χ2n) is 7.03. The molecular weight excluding hydrogens is 341 g/mol. The minimum atomic E-state index is 0. The van der Waals surface area contributed by atoms with Crippen molar-refractivity contribution in [1.29, 1.82) is 0 Å². The molecule has 0 aromatic heterocycles. The molecule has 0 fully saturated rings. The minimum absolute atomic E-state index is 0. The Morgan fingerprint density at radius 1 is 1.10 bits per heavy atom. The van der Waals surface area contributed by atoms with E-state index in [0.717, 1.165) is 10.2 Å². The van der Waals surface area contributed by atoms with E-state index in [1.165, 1.54) is 5.57 Å². The molecule has 0 radical (unpaired) electrons. The number of rotatable bonds is 2. The number of hydrogen-bond acceptors (Lipinski definition) is 1. The predicted octanol–water partition coefficient (Wildman–Crippen LogP) is -3.24.